The van der Waals surface area contributed by atoms with E-state index in [0.717, 1.165) is 22.3 Å². The van der Waals surface area contributed by atoms with Crippen molar-refractivity contribution in [2.45, 2.75) is 19.3 Å². The highest BCUT2D eigenvalue weighted by atomic mass is 15.0. The molecule has 4 heteroatoms. The molecule has 5 aromatic carbocycles. The average molecular weight is 513 g/mol. The van der Waals surface area contributed by atoms with Gasteiger partial charge in [-0.15, -0.1) is 0 Å². The van der Waals surface area contributed by atoms with Crippen molar-refractivity contribution in [3.63, 3.8) is 0 Å². The van der Waals surface area contributed by atoms with Crippen LogP contribution in [0.15, 0.2) is 121 Å². The second kappa shape index (κ2) is 9.42. The summed E-state index contributed by atoms with van der Waals surface area (Å²) in [6.45, 7) is 4.62. The molecule has 0 spiro atoms. The summed E-state index contributed by atoms with van der Waals surface area (Å²) in [7, 11) is 2.16. The molecule has 6 aromatic rings. The van der Waals surface area contributed by atoms with E-state index in [9.17, 15) is 0 Å². The Balaban J connectivity index is 1.35. The Bertz CT molecular complexity index is 1860. The summed E-state index contributed by atoms with van der Waals surface area (Å²) >= 11 is 0. The molecular formula is C36H28BN3. The van der Waals surface area contributed by atoms with Crippen molar-refractivity contribution in [2.24, 2.45) is 0 Å². The molecule has 0 aliphatic heterocycles. The number of fused-ring (bicyclic) bond motifs is 3. The first kappa shape index (κ1) is 24.2. The summed E-state index contributed by atoms with van der Waals surface area (Å²) in [5.41, 5.74) is 11.8. The molecule has 190 valence electrons. The molecule has 3 nitrogen and oxygen atoms in total. The van der Waals surface area contributed by atoms with Gasteiger partial charge in [0.25, 0.3) is 0 Å². The predicted octanol–water partition coefficient (Wildman–Crippen LogP) is 7.10. The van der Waals surface area contributed by atoms with E-state index in [0.29, 0.717) is 17.5 Å². The van der Waals surface area contributed by atoms with Gasteiger partial charge in [0.2, 0.25) is 0 Å². The van der Waals surface area contributed by atoms with Crippen LogP contribution in [0, 0.1) is 0 Å². The molecule has 0 radical (unpaired) electrons. The Labute approximate surface area is 236 Å². The molecule has 0 saturated heterocycles. The quantitative estimate of drug-likeness (QED) is 0.236. The van der Waals surface area contributed by atoms with E-state index in [4.69, 9.17) is 15.0 Å². The SMILES string of the molecule is Bc1ccc2c(c1)C(C)(C)c1cc(-c3nc(-c4ccccc4)nc(-c4ccc(-c5ccccc5)cc4)n3)ccc1-2. The minimum absolute atomic E-state index is 0.0991. The smallest absolute Gasteiger partial charge is 0.164 e. The zero-order valence-electron chi connectivity index (χ0n) is 22.9. The molecule has 0 unspecified atom stereocenters. The maximum atomic E-state index is 5.02. The second-order valence-electron chi connectivity index (χ2n) is 11.1. The van der Waals surface area contributed by atoms with Gasteiger partial charge in [0, 0.05) is 22.1 Å². The van der Waals surface area contributed by atoms with Crippen molar-refractivity contribution >= 4 is 13.3 Å². The van der Waals surface area contributed by atoms with Crippen LogP contribution in [0.25, 0.3) is 56.4 Å². The fourth-order valence-corrected chi connectivity index (χ4v) is 5.78. The molecule has 0 N–H and O–H groups in total. The molecule has 0 fully saturated rings. The summed E-state index contributed by atoms with van der Waals surface area (Å²) in [6.07, 6.45) is 0. The van der Waals surface area contributed by atoms with Gasteiger partial charge < -0.3 is 0 Å². The lowest BCUT2D eigenvalue weighted by Crippen LogP contribution is -2.17. The molecule has 1 aromatic heterocycles. The second-order valence-corrected chi connectivity index (χ2v) is 11.1. The van der Waals surface area contributed by atoms with Gasteiger partial charge in [-0.05, 0) is 39.4 Å². The normalized spacial score (nSPS) is 13.1. The Kier molecular flexibility index (Phi) is 5.71. The minimum atomic E-state index is -0.0991. The number of hydrogen-bond donors (Lipinski definition) is 0. The summed E-state index contributed by atoms with van der Waals surface area (Å²) < 4.78 is 0. The molecule has 7 rings (SSSR count). The summed E-state index contributed by atoms with van der Waals surface area (Å²) in [5.74, 6) is 2.02. The van der Waals surface area contributed by atoms with Crippen LogP contribution >= 0.6 is 0 Å². The van der Waals surface area contributed by atoms with Crippen LogP contribution in [0.1, 0.15) is 25.0 Å². The van der Waals surface area contributed by atoms with Gasteiger partial charge >= 0.3 is 0 Å². The number of aromatic nitrogens is 3. The lowest BCUT2D eigenvalue weighted by molar-refractivity contribution is 0.661. The average Bonchev–Trinajstić information content (AvgIpc) is 3.23. The highest BCUT2D eigenvalue weighted by Gasteiger charge is 2.35. The van der Waals surface area contributed by atoms with Gasteiger partial charge in [0.05, 0.1) is 0 Å². The molecule has 1 aliphatic rings. The number of benzene rings is 5. The maximum absolute atomic E-state index is 5.02. The van der Waals surface area contributed by atoms with Crippen molar-refractivity contribution in [1.82, 2.24) is 15.0 Å². The summed E-state index contributed by atoms with van der Waals surface area (Å²) in [4.78, 5) is 14.9. The van der Waals surface area contributed by atoms with Crippen LogP contribution in [0.5, 0.6) is 0 Å². The summed E-state index contributed by atoms with van der Waals surface area (Å²) in [5, 5.41) is 0. The molecule has 0 amide bonds. The van der Waals surface area contributed by atoms with Crippen LogP contribution in [0.4, 0.5) is 0 Å². The lowest BCUT2D eigenvalue weighted by atomic mass is 9.80. The zero-order chi connectivity index (χ0) is 27.3. The van der Waals surface area contributed by atoms with Gasteiger partial charge in [0.15, 0.2) is 17.5 Å². The van der Waals surface area contributed by atoms with Gasteiger partial charge in [-0.3, -0.25) is 0 Å². The molecule has 1 aliphatic carbocycles. The maximum Gasteiger partial charge on any atom is 0.164 e. The largest absolute Gasteiger partial charge is 0.208 e. The third-order valence-corrected chi connectivity index (χ3v) is 8.01. The van der Waals surface area contributed by atoms with Crippen LogP contribution < -0.4 is 5.46 Å². The van der Waals surface area contributed by atoms with Crippen LogP contribution in [0.3, 0.4) is 0 Å². The summed E-state index contributed by atoms with van der Waals surface area (Å²) in [6, 6.07) is 42.4. The van der Waals surface area contributed by atoms with Gasteiger partial charge in [-0.25, -0.2) is 15.0 Å². The van der Waals surface area contributed by atoms with Crippen molar-refractivity contribution in [3.8, 4) is 56.4 Å². The Morgan fingerprint density at radius 3 is 1.50 bits per heavy atom. The molecule has 1 heterocycles. The van der Waals surface area contributed by atoms with E-state index in [1.807, 2.05) is 36.4 Å². The van der Waals surface area contributed by atoms with E-state index in [1.54, 1.807) is 0 Å². The third kappa shape index (κ3) is 4.13. The molecular weight excluding hydrogens is 485 g/mol. The first-order valence-electron chi connectivity index (χ1n) is 13.7. The standard InChI is InChI=1S/C36H28BN3/c1-36(2)31-21-27(17-19-29(31)30-20-18-28(37)22-32(30)36)35-39-33(25-11-7-4-8-12-25)38-34(40-35)26-15-13-24(14-16-26)23-9-5-3-6-10-23/h3-22H,37H2,1-2H3. The highest BCUT2D eigenvalue weighted by Crippen LogP contribution is 2.49. The number of rotatable bonds is 4. The van der Waals surface area contributed by atoms with Crippen LogP contribution in [0.2, 0.25) is 0 Å². The molecule has 40 heavy (non-hydrogen) atoms. The molecule has 0 bridgehead atoms. The molecule has 0 atom stereocenters. The third-order valence-electron chi connectivity index (χ3n) is 8.01. The van der Waals surface area contributed by atoms with E-state index < -0.39 is 0 Å². The number of nitrogens with zero attached hydrogens (tertiary/aromatic N) is 3. The van der Waals surface area contributed by atoms with Crippen LogP contribution in [-0.2, 0) is 5.41 Å². The fraction of sp³-hybridized carbons (Fsp3) is 0.0833. The van der Waals surface area contributed by atoms with Crippen LogP contribution in [-0.4, -0.2) is 22.8 Å². The zero-order valence-corrected chi connectivity index (χ0v) is 22.9. The Morgan fingerprint density at radius 1 is 0.450 bits per heavy atom. The topological polar surface area (TPSA) is 38.7 Å². The molecule has 0 saturated carbocycles. The minimum Gasteiger partial charge on any atom is -0.208 e. The first-order valence-corrected chi connectivity index (χ1v) is 13.7. The van der Waals surface area contributed by atoms with Gasteiger partial charge in [0.1, 0.15) is 7.85 Å². The van der Waals surface area contributed by atoms with E-state index >= 15 is 0 Å². The van der Waals surface area contributed by atoms with E-state index in [2.05, 4.69) is 107 Å². The van der Waals surface area contributed by atoms with Gasteiger partial charge in [-0.1, -0.05) is 135 Å². The highest BCUT2D eigenvalue weighted by molar-refractivity contribution is 6.32. The van der Waals surface area contributed by atoms with Gasteiger partial charge in [-0.2, -0.15) is 0 Å². The lowest BCUT2D eigenvalue weighted by Gasteiger charge is -2.22. The predicted molar refractivity (Wildman–Crippen MR) is 167 cm³/mol. The first-order chi connectivity index (χ1) is 19.5. The van der Waals surface area contributed by atoms with Crippen molar-refractivity contribution in [1.29, 1.82) is 0 Å². The van der Waals surface area contributed by atoms with Crippen molar-refractivity contribution in [2.75, 3.05) is 0 Å². The van der Waals surface area contributed by atoms with Crippen molar-refractivity contribution < 1.29 is 0 Å². The Hall–Kier alpha value is -4.83. The van der Waals surface area contributed by atoms with E-state index in [1.165, 1.54) is 33.3 Å². The number of hydrogen-bond acceptors (Lipinski definition) is 3. The van der Waals surface area contributed by atoms with Crippen molar-refractivity contribution in [3.05, 3.63) is 132 Å². The van der Waals surface area contributed by atoms with E-state index in [-0.39, 0.29) is 5.41 Å². The Morgan fingerprint density at radius 2 is 0.875 bits per heavy atom. The monoisotopic (exact) mass is 513 g/mol. The fourth-order valence-electron chi connectivity index (χ4n) is 5.78.